The van der Waals surface area contributed by atoms with Crippen molar-refractivity contribution in [3.8, 4) is 0 Å². The highest BCUT2D eigenvalue weighted by Crippen LogP contribution is 2.11. The average Bonchev–Trinajstić information content (AvgIpc) is 2.66. The van der Waals surface area contributed by atoms with Crippen LogP contribution >= 0.6 is 0 Å². The summed E-state index contributed by atoms with van der Waals surface area (Å²) in [5.74, 6) is -0.263. The molecular weight excluding hydrogens is 332 g/mol. The molecule has 144 valence electrons. The van der Waals surface area contributed by atoms with Crippen molar-refractivity contribution in [2.45, 2.75) is 25.9 Å². The van der Waals surface area contributed by atoms with E-state index in [-0.39, 0.29) is 12.3 Å². The number of hydrogen-bond acceptors (Lipinski definition) is 5. The van der Waals surface area contributed by atoms with E-state index < -0.39 is 6.03 Å². The summed E-state index contributed by atoms with van der Waals surface area (Å²) in [6.07, 6.45) is 0.285. The Hall–Kier alpha value is -1.96. The van der Waals surface area contributed by atoms with E-state index in [2.05, 4.69) is 39.5 Å². The number of carbonyl (C=O) groups excluding carboxylic acids is 2. The minimum Gasteiger partial charge on any atom is -0.379 e. The summed E-state index contributed by atoms with van der Waals surface area (Å²) in [6.45, 7) is 7.95. The van der Waals surface area contributed by atoms with E-state index in [0.717, 1.165) is 39.4 Å². The van der Waals surface area contributed by atoms with E-state index in [1.807, 2.05) is 18.2 Å². The lowest BCUT2D eigenvalue weighted by Crippen LogP contribution is -2.47. The molecule has 7 nitrogen and oxygen atoms in total. The summed E-state index contributed by atoms with van der Waals surface area (Å²) in [6, 6.07) is 10.1. The van der Waals surface area contributed by atoms with Gasteiger partial charge in [-0.25, -0.2) is 4.79 Å². The van der Waals surface area contributed by atoms with Gasteiger partial charge in [-0.3, -0.25) is 19.9 Å². The second kappa shape index (κ2) is 10.9. The second-order valence-electron chi connectivity index (χ2n) is 6.60. The summed E-state index contributed by atoms with van der Waals surface area (Å²) in [4.78, 5) is 27.9. The monoisotopic (exact) mass is 362 g/mol. The van der Waals surface area contributed by atoms with Crippen molar-refractivity contribution in [2.24, 2.45) is 0 Å². The molecule has 1 aliphatic heterocycles. The molecule has 0 radical (unpaired) electrons. The standard InChI is InChI=1S/C19H30N4O3/c1-16(14-22-10-12-26-13-11-22)23(15-17-6-4-3-5-7-17)9-8-18(24)21-19(25)20-2/h3-7,16H,8-15H2,1-2H3,(H2,20,21,24,25). The van der Waals surface area contributed by atoms with Crippen LogP contribution in [0.3, 0.4) is 0 Å². The van der Waals surface area contributed by atoms with Crippen LogP contribution in [0.5, 0.6) is 0 Å². The van der Waals surface area contributed by atoms with Crippen molar-refractivity contribution in [3.05, 3.63) is 35.9 Å². The fourth-order valence-corrected chi connectivity index (χ4v) is 3.04. The topological polar surface area (TPSA) is 73.9 Å². The first-order valence-corrected chi connectivity index (χ1v) is 9.18. The van der Waals surface area contributed by atoms with Gasteiger partial charge in [0, 0.05) is 52.2 Å². The lowest BCUT2D eigenvalue weighted by atomic mass is 10.1. The lowest BCUT2D eigenvalue weighted by molar-refractivity contribution is -0.120. The van der Waals surface area contributed by atoms with Gasteiger partial charge in [0.15, 0.2) is 0 Å². The molecule has 2 rings (SSSR count). The second-order valence-corrected chi connectivity index (χ2v) is 6.60. The van der Waals surface area contributed by atoms with E-state index in [1.165, 1.54) is 12.6 Å². The van der Waals surface area contributed by atoms with Gasteiger partial charge in [0.25, 0.3) is 0 Å². The van der Waals surface area contributed by atoms with Crippen molar-refractivity contribution in [3.63, 3.8) is 0 Å². The van der Waals surface area contributed by atoms with Gasteiger partial charge in [-0.15, -0.1) is 0 Å². The number of rotatable bonds is 8. The summed E-state index contributed by atoms with van der Waals surface area (Å²) >= 11 is 0. The number of hydrogen-bond donors (Lipinski definition) is 2. The molecule has 0 bridgehead atoms. The first-order valence-electron chi connectivity index (χ1n) is 9.18. The third-order valence-corrected chi connectivity index (χ3v) is 4.58. The van der Waals surface area contributed by atoms with E-state index >= 15 is 0 Å². The predicted molar refractivity (Wildman–Crippen MR) is 101 cm³/mol. The van der Waals surface area contributed by atoms with Gasteiger partial charge >= 0.3 is 6.03 Å². The maximum atomic E-state index is 12.0. The highest BCUT2D eigenvalue weighted by atomic mass is 16.5. The molecule has 1 fully saturated rings. The summed E-state index contributed by atoms with van der Waals surface area (Å²) in [5, 5.41) is 4.72. The number of carbonyl (C=O) groups is 2. The van der Waals surface area contributed by atoms with Crippen LogP contribution in [0.15, 0.2) is 30.3 Å². The van der Waals surface area contributed by atoms with E-state index in [9.17, 15) is 9.59 Å². The average molecular weight is 362 g/mol. The summed E-state index contributed by atoms with van der Waals surface area (Å²) in [7, 11) is 1.49. The number of nitrogens with zero attached hydrogens (tertiary/aromatic N) is 2. The molecule has 1 saturated heterocycles. The van der Waals surface area contributed by atoms with Gasteiger partial charge < -0.3 is 10.1 Å². The van der Waals surface area contributed by atoms with Gasteiger partial charge in [0.1, 0.15) is 0 Å². The molecular formula is C19H30N4O3. The molecule has 1 unspecified atom stereocenters. The molecule has 3 amide bonds. The van der Waals surface area contributed by atoms with Crippen molar-refractivity contribution >= 4 is 11.9 Å². The Balaban J connectivity index is 1.93. The lowest BCUT2D eigenvalue weighted by Gasteiger charge is -2.35. The summed E-state index contributed by atoms with van der Waals surface area (Å²) in [5.41, 5.74) is 1.22. The SMILES string of the molecule is CNC(=O)NC(=O)CCN(Cc1ccccc1)C(C)CN1CCOCC1. The van der Waals surface area contributed by atoms with Crippen molar-refractivity contribution in [2.75, 3.05) is 46.4 Å². The number of urea groups is 1. The first kappa shape index (κ1) is 20.4. The molecule has 0 spiro atoms. The molecule has 1 aromatic carbocycles. The Kier molecular flexibility index (Phi) is 8.53. The quantitative estimate of drug-likeness (QED) is 0.723. The maximum absolute atomic E-state index is 12.0. The highest BCUT2D eigenvalue weighted by Gasteiger charge is 2.20. The number of nitrogens with one attached hydrogen (secondary N) is 2. The minimum absolute atomic E-state index is 0.263. The Bertz CT molecular complexity index is 561. The van der Waals surface area contributed by atoms with Crippen LogP contribution in [0, 0.1) is 0 Å². The molecule has 1 heterocycles. The first-order chi connectivity index (χ1) is 12.6. The zero-order valence-corrected chi connectivity index (χ0v) is 15.7. The van der Waals surface area contributed by atoms with E-state index in [4.69, 9.17) is 4.74 Å². The zero-order chi connectivity index (χ0) is 18.8. The third-order valence-electron chi connectivity index (χ3n) is 4.58. The number of ether oxygens (including phenoxy) is 1. The Labute approximate surface area is 155 Å². The van der Waals surface area contributed by atoms with Gasteiger partial charge in [-0.2, -0.15) is 0 Å². The van der Waals surface area contributed by atoms with Crippen LogP contribution in [0.4, 0.5) is 4.79 Å². The molecule has 0 saturated carbocycles. The molecule has 1 aromatic rings. The highest BCUT2D eigenvalue weighted by molar-refractivity contribution is 5.94. The van der Waals surface area contributed by atoms with Crippen LogP contribution in [0.25, 0.3) is 0 Å². The predicted octanol–water partition coefficient (Wildman–Crippen LogP) is 1.05. The molecule has 0 aromatic heterocycles. The van der Waals surface area contributed by atoms with Crippen molar-refractivity contribution in [1.82, 2.24) is 20.4 Å². The van der Waals surface area contributed by atoms with Crippen LogP contribution in [-0.2, 0) is 16.1 Å². The fraction of sp³-hybridized carbons (Fsp3) is 0.579. The number of benzene rings is 1. The normalized spacial score (nSPS) is 16.3. The minimum atomic E-state index is -0.467. The van der Waals surface area contributed by atoms with Gasteiger partial charge in [-0.1, -0.05) is 30.3 Å². The fourth-order valence-electron chi connectivity index (χ4n) is 3.04. The van der Waals surface area contributed by atoms with Crippen LogP contribution in [-0.4, -0.2) is 74.2 Å². The Morgan fingerprint density at radius 1 is 1.23 bits per heavy atom. The van der Waals surface area contributed by atoms with E-state index in [0.29, 0.717) is 12.6 Å². The van der Waals surface area contributed by atoms with Crippen LogP contribution < -0.4 is 10.6 Å². The molecule has 26 heavy (non-hydrogen) atoms. The number of amides is 3. The van der Waals surface area contributed by atoms with Gasteiger partial charge in [0.2, 0.25) is 5.91 Å². The Morgan fingerprint density at radius 3 is 2.58 bits per heavy atom. The van der Waals surface area contributed by atoms with Crippen LogP contribution in [0.2, 0.25) is 0 Å². The number of imide groups is 1. The van der Waals surface area contributed by atoms with Gasteiger partial charge in [-0.05, 0) is 12.5 Å². The molecule has 7 heteroatoms. The Morgan fingerprint density at radius 2 is 1.92 bits per heavy atom. The maximum Gasteiger partial charge on any atom is 0.321 e. The van der Waals surface area contributed by atoms with Gasteiger partial charge in [0.05, 0.1) is 13.2 Å². The molecule has 1 aliphatic rings. The molecule has 0 aliphatic carbocycles. The van der Waals surface area contributed by atoms with Crippen molar-refractivity contribution in [1.29, 1.82) is 0 Å². The number of morpholine rings is 1. The molecule has 1 atom stereocenters. The summed E-state index contributed by atoms with van der Waals surface area (Å²) < 4.78 is 5.42. The zero-order valence-electron chi connectivity index (χ0n) is 15.7. The molecule has 2 N–H and O–H groups in total. The third kappa shape index (κ3) is 7.11. The van der Waals surface area contributed by atoms with E-state index in [1.54, 1.807) is 0 Å². The smallest absolute Gasteiger partial charge is 0.321 e. The van der Waals surface area contributed by atoms with Crippen LogP contribution in [0.1, 0.15) is 18.9 Å². The van der Waals surface area contributed by atoms with Crippen molar-refractivity contribution < 1.29 is 14.3 Å². The largest absolute Gasteiger partial charge is 0.379 e.